The second-order valence-corrected chi connectivity index (χ2v) is 6.19. The molecule has 0 atom stereocenters. The summed E-state index contributed by atoms with van der Waals surface area (Å²) in [4.78, 5) is 24.3. The Morgan fingerprint density at radius 3 is 2.32 bits per heavy atom. The predicted octanol–water partition coefficient (Wildman–Crippen LogP) is 4.04. The van der Waals surface area contributed by atoms with Crippen molar-refractivity contribution in [3.8, 4) is 16.9 Å². The molecule has 0 spiro atoms. The normalized spacial score (nSPS) is 10.5. The van der Waals surface area contributed by atoms with Crippen molar-refractivity contribution in [1.82, 2.24) is 9.78 Å². The SMILES string of the molecule is CCCCOC(=O)COC(=O)c1cn(-c2ccccc2)nc1-c1ccccc1. The van der Waals surface area contributed by atoms with E-state index < -0.39 is 18.5 Å². The molecule has 0 saturated carbocycles. The lowest BCUT2D eigenvalue weighted by Crippen LogP contribution is -2.17. The topological polar surface area (TPSA) is 70.4 Å². The zero-order valence-corrected chi connectivity index (χ0v) is 15.7. The molecule has 0 N–H and O–H groups in total. The number of carbonyl (C=O) groups is 2. The molecule has 1 heterocycles. The second kappa shape index (κ2) is 9.50. The third-order valence-electron chi connectivity index (χ3n) is 4.08. The van der Waals surface area contributed by atoms with Crippen LogP contribution in [-0.4, -0.2) is 34.9 Å². The molecule has 0 bridgehead atoms. The molecule has 0 aliphatic rings. The van der Waals surface area contributed by atoms with Crippen molar-refractivity contribution >= 4 is 11.9 Å². The third kappa shape index (κ3) is 4.85. The Balaban J connectivity index is 1.81. The summed E-state index contributed by atoms with van der Waals surface area (Å²) in [5.74, 6) is -1.17. The van der Waals surface area contributed by atoms with Gasteiger partial charge < -0.3 is 9.47 Å². The number of unbranched alkanes of at least 4 members (excludes halogenated alkanes) is 1. The number of hydrogen-bond acceptors (Lipinski definition) is 5. The first-order valence-electron chi connectivity index (χ1n) is 9.22. The van der Waals surface area contributed by atoms with Gasteiger partial charge >= 0.3 is 11.9 Å². The smallest absolute Gasteiger partial charge is 0.344 e. The Morgan fingerprint density at radius 1 is 0.964 bits per heavy atom. The van der Waals surface area contributed by atoms with Gasteiger partial charge in [-0.05, 0) is 18.6 Å². The zero-order chi connectivity index (χ0) is 19.8. The Bertz CT molecular complexity index is 920. The van der Waals surface area contributed by atoms with E-state index in [1.54, 1.807) is 10.9 Å². The lowest BCUT2D eigenvalue weighted by Gasteiger charge is -2.05. The van der Waals surface area contributed by atoms with Crippen LogP contribution >= 0.6 is 0 Å². The minimum atomic E-state index is -0.617. The van der Waals surface area contributed by atoms with Crippen LogP contribution in [0.1, 0.15) is 30.1 Å². The number of para-hydroxylation sites is 1. The predicted molar refractivity (Wildman–Crippen MR) is 105 cm³/mol. The average molecular weight is 378 g/mol. The molecule has 6 nitrogen and oxygen atoms in total. The Morgan fingerprint density at radius 2 is 1.64 bits per heavy atom. The van der Waals surface area contributed by atoms with E-state index in [-0.39, 0.29) is 5.56 Å². The molecule has 1 aromatic heterocycles. The summed E-state index contributed by atoms with van der Waals surface area (Å²) in [7, 11) is 0. The molecule has 0 saturated heterocycles. The fourth-order valence-electron chi connectivity index (χ4n) is 2.62. The molecule has 28 heavy (non-hydrogen) atoms. The van der Waals surface area contributed by atoms with Gasteiger partial charge in [-0.25, -0.2) is 14.3 Å². The van der Waals surface area contributed by atoms with Crippen LogP contribution in [0.4, 0.5) is 0 Å². The largest absolute Gasteiger partial charge is 0.463 e. The number of ether oxygens (including phenoxy) is 2. The van der Waals surface area contributed by atoms with Crippen molar-refractivity contribution in [2.75, 3.05) is 13.2 Å². The van der Waals surface area contributed by atoms with E-state index in [4.69, 9.17) is 9.47 Å². The molecular formula is C22H22N2O4. The van der Waals surface area contributed by atoms with Crippen LogP contribution in [0, 0.1) is 0 Å². The van der Waals surface area contributed by atoms with E-state index in [0.717, 1.165) is 24.1 Å². The minimum Gasteiger partial charge on any atom is -0.463 e. The number of rotatable bonds is 8. The van der Waals surface area contributed by atoms with Gasteiger partial charge in [0.25, 0.3) is 0 Å². The van der Waals surface area contributed by atoms with E-state index in [0.29, 0.717) is 12.3 Å². The summed E-state index contributed by atoms with van der Waals surface area (Å²) in [6.07, 6.45) is 3.32. The molecular weight excluding hydrogens is 356 g/mol. The molecule has 144 valence electrons. The first kappa shape index (κ1) is 19.4. The molecule has 3 rings (SSSR count). The van der Waals surface area contributed by atoms with Gasteiger partial charge in [-0.1, -0.05) is 61.9 Å². The van der Waals surface area contributed by atoms with Gasteiger partial charge in [0.15, 0.2) is 6.61 Å². The molecule has 0 unspecified atom stereocenters. The van der Waals surface area contributed by atoms with Gasteiger partial charge in [-0.2, -0.15) is 5.10 Å². The molecule has 3 aromatic rings. The Hall–Kier alpha value is -3.41. The maximum Gasteiger partial charge on any atom is 0.344 e. The number of esters is 2. The maximum atomic E-state index is 12.6. The number of benzene rings is 2. The molecule has 2 aromatic carbocycles. The molecule has 0 aliphatic heterocycles. The van der Waals surface area contributed by atoms with Gasteiger partial charge in [0.2, 0.25) is 0 Å². The van der Waals surface area contributed by atoms with E-state index in [1.807, 2.05) is 67.6 Å². The summed E-state index contributed by atoms with van der Waals surface area (Å²) in [6, 6.07) is 18.8. The van der Waals surface area contributed by atoms with Crippen LogP contribution in [0.2, 0.25) is 0 Å². The van der Waals surface area contributed by atoms with Gasteiger partial charge in [-0.3, -0.25) is 0 Å². The van der Waals surface area contributed by atoms with Gasteiger partial charge in [0, 0.05) is 11.8 Å². The van der Waals surface area contributed by atoms with Crippen molar-refractivity contribution in [3.63, 3.8) is 0 Å². The summed E-state index contributed by atoms with van der Waals surface area (Å²) in [5.41, 5.74) is 2.39. The lowest BCUT2D eigenvalue weighted by atomic mass is 10.1. The van der Waals surface area contributed by atoms with Gasteiger partial charge in [-0.15, -0.1) is 0 Å². The number of hydrogen-bond donors (Lipinski definition) is 0. The van der Waals surface area contributed by atoms with Crippen LogP contribution in [0.25, 0.3) is 16.9 Å². The highest BCUT2D eigenvalue weighted by atomic mass is 16.6. The highest BCUT2D eigenvalue weighted by Gasteiger charge is 2.21. The summed E-state index contributed by atoms with van der Waals surface area (Å²) >= 11 is 0. The van der Waals surface area contributed by atoms with Crippen molar-refractivity contribution < 1.29 is 19.1 Å². The summed E-state index contributed by atoms with van der Waals surface area (Å²) < 4.78 is 11.8. The fraction of sp³-hybridized carbons (Fsp3) is 0.227. The third-order valence-corrected chi connectivity index (χ3v) is 4.08. The minimum absolute atomic E-state index is 0.288. The lowest BCUT2D eigenvalue weighted by molar-refractivity contribution is -0.147. The quantitative estimate of drug-likeness (QED) is 0.437. The first-order chi connectivity index (χ1) is 13.7. The maximum absolute atomic E-state index is 12.6. The zero-order valence-electron chi connectivity index (χ0n) is 15.7. The highest BCUT2D eigenvalue weighted by Crippen LogP contribution is 2.24. The van der Waals surface area contributed by atoms with Crippen LogP contribution < -0.4 is 0 Å². The van der Waals surface area contributed by atoms with Crippen molar-refractivity contribution in [3.05, 3.63) is 72.4 Å². The monoisotopic (exact) mass is 378 g/mol. The van der Waals surface area contributed by atoms with Crippen LogP contribution in [0.3, 0.4) is 0 Å². The van der Waals surface area contributed by atoms with Crippen LogP contribution in [0.5, 0.6) is 0 Å². The molecule has 0 fully saturated rings. The van der Waals surface area contributed by atoms with E-state index in [1.165, 1.54) is 0 Å². The van der Waals surface area contributed by atoms with Crippen LogP contribution in [-0.2, 0) is 14.3 Å². The van der Waals surface area contributed by atoms with Crippen molar-refractivity contribution in [2.45, 2.75) is 19.8 Å². The average Bonchev–Trinajstić information content (AvgIpc) is 3.19. The second-order valence-electron chi connectivity index (χ2n) is 6.19. The molecule has 0 aliphatic carbocycles. The van der Waals surface area contributed by atoms with Crippen LogP contribution in [0.15, 0.2) is 66.9 Å². The molecule has 0 amide bonds. The molecule has 0 radical (unpaired) electrons. The summed E-state index contributed by atoms with van der Waals surface area (Å²) in [5, 5.41) is 4.56. The number of carbonyl (C=O) groups excluding carboxylic acids is 2. The Kier molecular flexibility index (Phi) is 6.57. The fourth-order valence-corrected chi connectivity index (χ4v) is 2.62. The summed E-state index contributed by atoms with van der Waals surface area (Å²) in [6.45, 7) is 1.91. The van der Waals surface area contributed by atoms with Gasteiger partial charge in [0.1, 0.15) is 11.3 Å². The number of nitrogens with zero attached hydrogens (tertiary/aromatic N) is 2. The van der Waals surface area contributed by atoms with E-state index in [9.17, 15) is 9.59 Å². The van der Waals surface area contributed by atoms with E-state index >= 15 is 0 Å². The van der Waals surface area contributed by atoms with Gasteiger partial charge in [0.05, 0.1) is 12.3 Å². The number of aromatic nitrogens is 2. The van der Waals surface area contributed by atoms with Crippen molar-refractivity contribution in [2.24, 2.45) is 0 Å². The van der Waals surface area contributed by atoms with E-state index in [2.05, 4.69) is 5.10 Å². The van der Waals surface area contributed by atoms with Crippen molar-refractivity contribution in [1.29, 1.82) is 0 Å². The standard InChI is InChI=1S/C22H22N2O4/c1-2-3-14-27-20(25)16-28-22(26)19-15-24(18-12-8-5-9-13-18)23-21(19)17-10-6-4-7-11-17/h4-13,15H,2-3,14,16H2,1H3. The Labute approximate surface area is 163 Å². The highest BCUT2D eigenvalue weighted by molar-refractivity contribution is 5.97. The first-order valence-corrected chi connectivity index (χ1v) is 9.22. The molecule has 6 heteroatoms.